The second-order valence-electron chi connectivity index (χ2n) is 3.15. The van der Waals surface area contributed by atoms with Gasteiger partial charge in [-0.3, -0.25) is 4.79 Å². The third-order valence-corrected chi connectivity index (χ3v) is 2.70. The number of carbonyl (C=O) groups excluding carboxylic acids is 1. The van der Waals surface area contributed by atoms with Crippen LogP contribution in [0.1, 0.15) is 16.8 Å². The van der Waals surface area contributed by atoms with Crippen molar-refractivity contribution in [1.82, 2.24) is 5.32 Å². The van der Waals surface area contributed by atoms with Crippen molar-refractivity contribution in [2.45, 2.75) is 12.5 Å². The Kier molecular flexibility index (Phi) is 5.28. The Bertz CT molecular complexity index is 281. The number of hydrogen-bond donors (Lipinski definition) is 2. The summed E-state index contributed by atoms with van der Waals surface area (Å²) in [5.74, 6) is 0.640. The number of aliphatic hydroxyl groups is 1. The van der Waals surface area contributed by atoms with E-state index in [4.69, 9.17) is 9.52 Å². The first-order valence-electron chi connectivity index (χ1n) is 4.70. The van der Waals surface area contributed by atoms with Crippen molar-refractivity contribution in [2.24, 2.45) is 0 Å². The van der Waals surface area contributed by atoms with Gasteiger partial charge >= 0.3 is 0 Å². The first-order valence-corrected chi connectivity index (χ1v) is 6.10. The first kappa shape index (κ1) is 12.1. The number of rotatable bonds is 6. The lowest BCUT2D eigenvalue weighted by atomic mass is 10.2. The summed E-state index contributed by atoms with van der Waals surface area (Å²) in [5, 5.41) is 11.7. The number of amides is 1. The molecule has 0 spiro atoms. The van der Waals surface area contributed by atoms with Gasteiger partial charge < -0.3 is 14.8 Å². The molecule has 0 aliphatic heterocycles. The van der Waals surface area contributed by atoms with E-state index >= 15 is 0 Å². The second-order valence-corrected chi connectivity index (χ2v) is 4.06. The molecule has 1 amide bonds. The summed E-state index contributed by atoms with van der Waals surface area (Å²) in [6, 6.07) is 1.62. The van der Waals surface area contributed by atoms with Gasteiger partial charge in [0.15, 0.2) is 0 Å². The number of carbonyl (C=O) groups is 1. The van der Waals surface area contributed by atoms with Crippen LogP contribution in [-0.4, -0.2) is 35.7 Å². The smallest absolute Gasteiger partial charge is 0.254 e. The zero-order valence-electron chi connectivity index (χ0n) is 8.60. The number of furan rings is 1. The number of thioether (sulfide) groups is 1. The minimum absolute atomic E-state index is 0.00685. The van der Waals surface area contributed by atoms with Crippen LogP contribution < -0.4 is 5.32 Å². The van der Waals surface area contributed by atoms with Gasteiger partial charge in [-0.15, -0.1) is 0 Å². The van der Waals surface area contributed by atoms with E-state index in [1.807, 2.05) is 6.26 Å². The van der Waals surface area contributed by atoms with Crippen LogP contribution in [0.5, 0.6) is 0 Å². The van der Waals surface area contributed by atoms with Gasteiger partial charge in [-0.05, 0) is 18.7 Å². The van der Waals surface area contributed by atoms with E-state index in [2.05, 4.69) is 5.32 Å². The highest BCUT2D eigenvalue weighted by Gasteiger charge is 2.13. The minimum Gasteiger partial charge on any atom is -0.472 e. The Morgan fingerprint density at radius 2 is 2.53 bits per heavy atom. The van der Waals surface area contributed by atoms with Crippen LogP contribution in [0.2, 0.25) is 0 Å². The van der Waals surface area contributed by atoms with Gasteiger partial charge in [0, 0.05) is 18.4 Å². The summed E-state index contributed by atoms with van der Waals surface area (Å²) in [5.41, 5.74) is 0.513. The highest BCUT2D eigenvalue weighted by molar-refractivity contribution is 7.98. The first-order chi connectivity index (χ1) is 7.27. The van der Waals surface area contributed by atoms with Crippen LogP contribution in [0.3, 0.4) is 0 Å². The summed E-state index contributed by atoms with van der Waals surface area (Å²) in [4.78, 5) is 11.6. The molecule has 0 saturated carbocycles. The molecule has 4 nitrogen and oxygen atoms in total. The minimum atomic E-state index is -0.156. The monoisotopic (exact) mass is 229 g/mol. The lowest BCUT2D eigenvalue weighted by molar-refractivity contribution is 0.0934. The van der Waals surface area contributed by atoms with Crippen molar-refractivity contribution < 1.29 is 14.3 Å². The van der Waals surface area contributed by atoms with E-state index in [-0.39, 0.29) is 18.6 Å². The molecular formula is C10H15NO3S. The number of nitrogens with one attached hydrogen (secondary N) is 1. The topological polar surface area (TPSA) is 62.5 Å². The highest BCUT2D eigenvalue weighted by Crippen LogP contribution is 2.04. The molecular weight excluding hydrogens is 214 g/mol. The van der Waals surface area contributed by atoms with E-state index in [0.717, 1.165) is 5.75 Å². The van der Waals surface area contributed by atoms with E-state index < -0.39 is 0 Å². The van der Waals surface area contributed by atoms with Crippen molar-refractivity contribution in [3.63, 3.8) is 0 Å². The summed E-state index contributed by atoms with van der Waals surface area (Å²) in [6.45, 7) is 0.0803. The molecule has 84 valence electrons. The molecule has 1 heterocycles. The summed E-state index contributed by atoms with van der Waals surface area (Å²) in [6.07, 6.45) is 5.41. The lowest BCUT2D eigenvalue weighted by Gasteiger charge is -2.15. The molecule has 0 fully saturated rings. The van der Waals surface area contributed by atoms with Crippen molar-refractivity contribution in [3.05, 3.63) is 24.2 Å². The molecule has 1 atom stereocenters. The molecule has 1 rings (SSSR count). The third-order valence-electron chi connectivity index (χ3n) is 1.96. The maximum atomic E-state index is 11.6. The van der Waals surface area contributed by atoms with Crippen LogP contribution in [0.4, 0.5) is 0 Å². The molecule has 1 aromatic heterocycles. The standard InChI is InChI=1S/C10H15NO3S/c1-15-7-9(2-4-12)11-10(13)8-3-5-14-6-8/h3,5-6,9,12H,2,4,7H2,1H3,(H,11,13). The number of aliphatic hydroxyl groups excluding tert-OH is 1. The van der Waals surface area contributed by atoms with Crippen molar-refractivity contribution in [3.8, 4) is 0 Å². The maximum absolute atomic E-state index is 11.6. The fourth-order valence-electron chi connectivity index (χ4n) is 1.22. The van der Waals surface area contributed by atoms with Crippen LogP contribution in [0.15, 0.2) is 23.0 Å². The predicted octanol–water partition coefficient (Wildman–Crippen LogP) is 1.12. The summed E-state index contributed by atoms with van der Waals surface area (Å²) in [7, 11) is 0. The van der Waals surface area contributed by atoms with E-state index in [1.165, 1.54) is 12.5 Å². The van der Waals surface area contributed by atoms with Crippen molar-refractivity contribution in [1.29, 1.82) is 0 Å². The van der Waals surface area contributed by atoms with Crippen LogP contribution >= 0.6 is 11.8 Å². The molecule has 1 unspecified atom stereocenters. The fourth-order valence-corrected chi connectivity index (χ4v) is 1.87. The molecule has 0 saturated heterocycles. The van der Waals surface area contributed by atoms with E-state index in [1.54, 1.807) is 17.8 Å². The Labute approximate surface area is 93.0 Å². The molecule has 0 aliphatic carbocycles. The maximum Gasteiger partial charge on any atom is 0.254 e. The molecule has 5 heteroatoms. The third kappa shape index (κ3) is 3.97. The largest absolute Gasteiger partial charge is 0.472 e. The Hall–Kier alpha value is -0.940. The van der Waals surface area contributed by atoms with Gasteiger partial charge in [0.25, 0.3) is 5.91 Å². The zero-order chi connectivity index (χ0) is 11.1. The fraction of sp³-hybridized carbons (Fsp3) is 0.500. The molecule has 2 N–H and O–H groups in total. The Morgan fingerprint density at radius 1 is 1.73 bits per heavy atom. The Balaban J connectivity index is 2.47. The van der Waals surface area contributed by atoms with Crippen molar-refractivity contribution in [2.75, 3.05) is 18.6 Å². The van der Waals surface area contributed by atoms with E-state index in [0.29, 0.717) is 12.0 Å². The quantitative estimate of drug-likeness (QED) is 0.767. The van der Waals surface area contributed by atoms with Crippen LogP contribution in [0.25, 0.3) is 0 Å². The molecule has 0 radical (unpaired) electrons. The van der Waals surface area contributed by atoms with Gasteiger partial charge in [0.05, 0.1) is 11.8 Å². The molecule has 0 aliphatic rings. The molecule has 0 aromatic carbocycles. The SMILES string of the molecule is CSCC(CCO)NC(=O)c1ccoc1. The zero-order valence-corrected chi connectivity index (χ0v) is 9.42. The molecule has 15 heavy (non-hydrogen) atoms. The normalized spacial score (nSPS) is 12.4. The summed E-state index contributed by atoms with van der Waals surface area (Å²) < 4.78 is 4.82. The van der Waals surface area contributed by atoms with Gasteiger partial charge in [0.1, 0.15) is 6.26 Å². The van der Waals surface area contributed by atoms with Crippen LogP contribution in [0, 0.1) is 0 Å². The Morgan fingerprint density at radius 3 is 3.07 bits per heavy atom. The molecule has 0 bridgehead atoms. The van der Waals surface area contributed by atoms with Gasteiger partial charge in [-0.2, -0.15) is 11.8 Å². The lowest BCUT2D eigenvalue weighted by Crippen LogP contribution is -2.37. The van der Waals surface area contributed by atoms with E-state index in [9.17, 15) is 4.79 Å². The van der Waals surface area contributed by atoms with Crippen LogP contribution in [-0.2, 0) is 0 Å². The average molecular weight is 229 g/mol. The second kappa shape index (κ2) is 6.53. The summed E-state index contributed by atoms with van der Waals surface area (Å²) >= 11 is 1.64. The number of hydrogen-bond acceptors (Lipinski definition) is 4. The molecule has 1 aromatic rings. The highest BCUT2D eigenvalue weighted by atomic mass is 32.2. The van der Waals surface area contributed by atoms with Gasteiger partial charge in [-0.1, -0.05) is 0 Å². The predicted molar refractivity (Wildman–Crippen MR) is 60.0 cm³/mol. The van der Waals surface area contributed by atoms with Crippen molar-refractivity contribution >= 4 is 17.7 Å². The average Bonchev–Trinajstić information content (AvgIpc) is 2.71. The van der Waals surface area contributed by atoms with Gasteiger partial charge in [0.2, 0.25) is 0 Å². The van der Waals surface area contributed by atoms with Gasteiger partial charge in [-0.25, -0.2) is 0 Å².